The molecule has 1 amide bonds. The number of hydrogen-bond acceptors (Lipinski definition) is 8. The van der Waals surface area contributed by atoms with Crippen molar-refractivity contribution in [1.82, 2.24) is 14.5 Å². The molecule has 1 aliphatic rings. The van der Waals surface area contributed by atoms with E-state index in [-0.39, 0.29) is 11.0 Å². The molecule has 4 heterocycles. The fourth-order valence-corrected chi connectivity index (χ4v) is 5.23. The van der Waals surface area contributed by atoms with Crippen LogP contribution in [0.5, 0.6) is 23.0 Å². The van der Waals surface area contributed by atoms with Crippen LogP contribution in [0, 0.1) is 5.92 Å². The molecule has 0 radical (unpaired) electrons. The van der Waals surface area contributed by atoms with Gasteiger partial charge in [0.05, 0.1) is 31.4 Å². The Morgan fingerprint density at radius 2 is 1.76 bits per heavy atom. The summed E-state index contributed by atoms with van der Waals surface area (Å²) in [6.45, 7) is 2.15. The number of rotatable bonds is 8. The SMILES string of the molecule is COc1cc2nccc(Oc3ccc(NC(=O)c4cn(CC5CCOCC5)c5ccccc5c4=O)nc3)c2cc1OC. The van der Waals surface area contributed by atoms with E-state index in [1.165, 1.54) is 6.20 Å². The van der Waals surface area contributed by atoms with E-state index in [1.807, 2.05) is 22.8 Å². The van der Waals surface area contributed by atoms with Crippen molar-refractivity contribution in [2.24, 2.45) is 5.92 Å². The minimum Gasteiger partial charge on any atom is -0.493 e. The van der Waals surface area contributed by atoms with Crippen LogP contribution in [-0.2, 0) is 11.3 Å². The third-order valence-electron chi connectivity index (χ3n) is 7.44. The molecule has 5 aromatic rings. The van der Waals surface area contributed by atoms with Gasteiger partial charge in [-0.05, 0) is 55.2 Å². The van der Waals surface area contributed by atoms with Crippen molar-refractivity contribution in [3.05, 3.63) is 89.0 Å². The summed E-state index contributed by atoms with van der Waals surface area (Å²) in [4.78, 5) is 35.4. The van der Waals surface area contributed by atoms with Crippen molar-refractivity contribution in [3.8, 4) is 23.0 Å². The Hall–Kier alpha value is -4.96. The molecule has 10 heteroatoms. The van der Waals surface area contributed by atoms with E-state index in [0.717, 1.165) is 37.0 Å². The molecule has 2 aromatic carbocycles. The van der Waals surface area contributed by atoms with Gasteiger partial charge in [-0.15, -0.1) is 0 Å². The molecule has 10 nitrogen and oxygen atoms in total. The number of carbonyl (C=O) groups excluding carboxylic acids is 1. The Labute approximate surface area is 241 Å². The van der Waals surface area contributed by atoms with Gasteiger partial charge in [0.25, 0.3) is 5.91 Å². The standard InChI is InChI=1S/C32H30N4O6/c1-39-28-15-23-25(16-29(28)40-2)33-12-9-27(23)42-21-7-8-30(34-17-21)35-32(38)24-19-36(18-20-10-13-41-14-11-20)26-6-4-3-5-22(26)31(24)37/h3-9,12,15-17,19-20H,10-11,13-14,18H2,1-2H3,(H,34,35,38). The molecular weight excluding hydrogens is 536 g/mol. The second-order valence-electron chi connectivity index (χ2n) is 10.1. The van der Waals surface area contributed by atoms with Crippen LogP contribution in [0.2, 0.25) is 0 Å². The highest BCUT2D eigenvalue weighted by atomic mass is 16.5. The zero-order chi connectivity index (χ0) is 29.1. The highest BCUT2D eigenvalue weighted by Crippen LogP contribution is 2.36. The first-order valence-corrected chi connectivity index (χ1v) is 13.7. The first-order valence-electron chi connectivity index (χ1n) is 13.7. The van der Waals surface area contributed by atoms with Crippen molar-refractivity contribution in [3.63, 3.8) is 0 Å². The lowest BCUT2D eigenvalue weighted by Gasteiger charge is -2.24. The second-order valence-corrected chi connectivity index (χ2v) is 10.1. The summed E-state index contributed by atoms with van der Waals surface area (Å²) < 4.78 is 24.4. The topological polar surface area (TPSA) is 114 Å². The number of nitrogens with one attached hydrogen (secondary N) is 1. The summed E-state index contributed by atoms with van der Waals surface area (Å²) in [6.07, 6.45) is 6.69. The lowest BCUT2D eigenvalue weighted by molar-refractivity contribution is 0.0615. The Balaban J connectivity index is 1.23. The van der Waals surface area contributed by atoms with Crippen LogP contribution in [0.3, 0.4) is 0 Å². The Morgan fingerprint density at radius 1 is 0.976 bits per heavy atom. The van der Waals surface area contributed by atoms with E-state index in [2.05, 4.69) is 15.3 Å². The molecule has 0 spiro atoms. The molecule has 3 aromatic heterocycles. The summed E-state index contributed by atoms with van der Waals surface area (Å²) in [5.41, 5.74) is 1.24. The van der Waals surface area contributed by atoms with Crippen molar-refractivity contribution < 1.29 is 23.7 Å². The third kappa shape index (κ3) is 5.48. The minimum atomic E-state index is -0.520. The lowest BCUT2D eigenvalue weighted by Crippen LogP contribution is -2.26. The number of carbonyl (C=O) groups is 1. The number of aromatic nitrogens is 3. The predicted octanol–water partition coefficient (Wildman–Crippen LogP) is 5.43. The van der Waals surface area contributed by atoms with Gasteiger partial charge in [-0.25, -0.2) is 4.98 Å². The number of fused-ring (bicyclic) bond motifs is 2. The summed E-state index contributed by atoms with van der Waals surface area (Å²) in [5, 5.41) is 4.01. The smallest absolute Gasteiger partial charge is 0.262 e. The maximum Gasteiger partial charge on any atom is 0.262 e. The van der Waals surface area contributed by atoms with Gasteiger partial charge < -0.3 is 28.8 Å². The van der Waals surface area contributed by atoms with Crippen LogP contribution in [0.15, 0.2) is 78.0 Å². The van der Waals surface area contributed by atoms with Gasteiger partial charge in [-0.2, -0.15) is 0 Å². The molecule has 0 aliphatic carbocycles. The molecule has 1 aliphatic heterocycles. The monoisotopic (exact) mass is 566 g/mol. The van der Waals surface area contributed by atoms with E-state index >= 15 is 0 Å². The third-order valence-corrected chi connectivity index (χ3v) is 7.44. The number of pyridine rings is 3. The number of nitrogens with zero attached hydrogens (tertiary/aromatic N) is 3. The van der Waals surface area contributed by atoms with E-state index in [4.69, 9.17) is 18.9 Å². The van der Waals surface area contributed by atoms with Gasteiger partial charge in [0.1, 0.15) is 22.9 Å². The zero-order valence-electron chi connectivity index (χ0n) is 23.3. The normalized spacial score (nSPS) is 13.7. The molecule has 0 unspecified atom stereocenters. The van der Waals surface area contributed by atoms with Gasteiger partial charge in [0.15, 0.2) is 11.5 Å². The van der Waals surface area contributed by atoms with E-state index in [9.17, 15) is 9.59 Å². The van der Waals surface area contributed by atoms with Crippen molar-refractivity contribution >= 4 is 33.5 Å². The average molecular weight is 567 g/mol. The number of anilines is 1. The number of methoxy groups -OCH3 is 2. The minimum absolute atomic E-state index is 0.0653. The van der Waals surface area contributed by atoms with E-state index in [0.29, 0.717) is 52.2 Å². The molecule has 1 fully saturated rings. The number of amides is 1. The molecular formula is C32H30N4O6. The Morgan fingerprint density at radius 3 is 2.52 bits per heavy atom. The van der Waals surface area contributed by atoms with Crippen molar-refractivity contribution in [2.45, 2.75) is 19.4 Å². The molecule has 1 saturated heterocycles. The summed E-state index contributed by atoms with van der Waals surface area (Å²) in [5.74, 6) is 2.32. The summed E-state index contributed by atoms with van der Waals surface area (Å²) >= 11 is 0. The van der Waals surface area contributed by atoms with Crippen molar-refractivity contribution in [1.29, 1.82) is 0 Å². The van der Waals surface area contributed by atoms with Crippen LogP contribution in [0.4, 0.5) is 5.82 Å². The maximum absolute atomic E-state index is 13.3. The lowest BCUT2D eigenvalue weighted by atomic mass is 9.99. The highest BCUT2D eigenvalue weighted by molar-refractivity contribution is 6.05. The van der Waals surface area contributed by atoms with Gasteiger partial charge in [0.2, 0.25) is 5.43 Å². The Kier molecular flexibility index (Phi) is 7.70. The molecule has 214 valence electrons. The zero-order valence-corrected chi connectivity index (χ0v) is 23.3. The fourth-order valence-electron chi connectivity index (χ4n) is 5.23. The number of para-hydroxylation sites is 1. The van der Waals surface area contributed by atoms with Crippen LogP contribution in [0.25, 0.3) is 21.8 Å². The average Bonchev–Trinajstić information content (AvgIpc) is 3.03. The van der Waals surface area contributed by atoms with Crippen LogP contribution in [-0.4, -0.2) is 47.9 Å². The molecule has 42 heavy (non-hydrogen) atoms. The van der Waals surface area contributed by atoms with Crippen LogP contribution >= 0.6 is 0 Å². The van der Waals surface area contributed by atoms with Crippen molar-refractivity contribution in [2.75, 3.05) is 32.8 Å². The number of ether oxygens (including phenoxy) is 4. The molecule has 6 rings (SSSR count). The van der Waals surface area contributed by atoms with Gasteiger partial charge in [-0.1, -0.05) is 12.1 Å². The van der Waals surface area contributed by atoms with E-state index < -0.39 is 5.91 Å². The molecule has 0 saturated carbocycles. The largest absolute Gasteiger partial charge is 0.493 e. The first kappa shape index (κ1) is 27.2. The predicted molar refractivity (Wildman–Crippen MR) is 159 cm³/mol. The summed E-state index contributed by atoms with van der Waals surface area (Å²) in [7, 11) is 3.13. The molecule has 0 bridgehead atoms. The van der Waals surface area contributed by atoms with Crippen LogP contribution in [0.1, 0.15) is 23.2 Å². The number of benzene rings is 2. The molecule has 1 N–H and O–H groups in total. The maximum atomic E-state index is 13.3. The molecule has 0 atom stereocenters. The summed E-state index contributed by atoms with van der Waals surface area (Å²) in [6, 6.07) is 16.0. The van der Waals surface area contributed by atoms with Gasteiger partial charge >= 0.3 is 0 Å². The number of hydrogen-bond donors (Lipinski definition) is 1. The Bertz CT molecular complexity index is 1810. The van der Waals surface area contributed by atoms with Gasteiger partial charge in [0, 0.05) is 49.0 Å². The van der Waals surface area contributed by atoms with E-state index in [1.54, 1.807) is 63.0 Å². The first-order chi connectivity index (χ1) is 20.5. The fraction of sp³-hybridized carbons (Fsp3) is 0.250. The quantitative estimate of drug-likeness (QED) is 0.264. The van der Waals surface area contributed by atoms with Gasteiger partial charge in [-0.3, -0.25) is 14.6 Å². The van der Waals surface area contributed by atoms with Crippen LogP contribution < -0.4 is 25.0 Å². The second kappa shape index (κ2) is 11.9. The highest BCUT2D eigenvalue weighted by Gasteiger charge is 2.20.